The van der Waals surface area contributed by atoms with Crippen LogP contribution in [0.3, 0.4) is 0 Å². The molecule has 78 valence electrons. The molecule has 0 aliphatic rings. The number of aliphatic hydroxyl groups excluding tert-OH is 1. The molecule has 0 saturated heterocycles. The van der Waals surface area contributed by atoms with Gasteiger partial charge in [-0.25, -0.2) is 9.37 Å². The van der Waals surface area contributed by atoms with Crippen LogP contribution in [0.4, 0.5) is 4.39 Å². The van der Waals surface area contributed by atoms with E-state index in [2.05, 4.69) is 4.98 Å². The largest absolute Gasteiger partial charge is 0.444 e. The molecule has 2 rings (SSSR count). The first-order valence-corrected chi connectivity index (χ1v) is 4.56. The Kier molecular flexibility index (Phi) is 2.51. The topological polar surface area (TPSA) is 46.3 Å². The van der Waals surface area contributed by atoms with E-state index in [1.807, 2.05) is 0 Å². The molecule has 0 amide bonds. The average molecular weight is 207 g/mol. The van der Waals surface area contributed by atoms with Crippen molar-refractivity contribution in [1.82, 2.24) is 4.98 Å². The molecule has 1 aromatic heterocycles. The SMILES string of the molecule is CC(O)c1coc(-c2ccc(F)cc2)n1. The first-order valence-electron chi connectivity index (χ1n) is 4.56. The van der Waals surface area contributed by atoms with E-state index in [1.165, 1.54) is 18.4 Å². The van der Waals surface area contributed by atoms with Crippen LogP contribution in [0.1, 0.15) is 18.7 Å². The van der Waals surface area contributed by atoms with Gasteiger partial charge in [0.25, 0.3) is 0 Å². The Morgan fingerprint density at radius 3 is 2.53 bits per heavy atom. The van der Waals surface area contributed by atoms with E-state index >= 15 is 0 Å². The lowest BCUT2D eigenvalue weighted by Crippen LogP contribution is -1.90. The van der Waals surface area contributed by atoms with Crippen LogP contribution in [0, 0.1) is 5.82 Å². The van der Waals surface area contributed by atoms with Crippen molar-refractivity contribution in [1.29, 1.82) is 0 Å². The van der Waals surface area contributed by atoms with Crippen LogP contribution >= 0.6 is 0 Å². The Morgan fingerprint density at radius 2 is 2.00 bits per heavy atom. The van der Waals surface area contributed by atoms with Gasteiger partial charge in [0.2, 0.25) is 5.89 Å². The summed E-state index contributed by atoms with van der Waals surface area (Å²) in [6.45, 7) is 1.60. The van der Waals surface area contributed by atoms with E-state index in [0.29, 0.717) is 17.1 Å². The molecule has 1 atom stereocenters. The highest BCUT2D eigenvalue weighted by molar-refractivity contribution is 5.52. The Hall–Kier alpha value is -1.68. The monoisotopic (exact) mass is 207 g/mol. The Balaban J connectivity index is 2.33. The molecule has 1 unspecified atom stereocenters. The molecule has 1 heterocycles. The molecule has 0 saturated carbocycles. The number of oxazole rings is 1. The number of hydrogen-bond donors (Lipinski definition) is 1. The van der Waals surface area contributed by atoms with Gasteiger partial charge in [-0.15, -0.1) is 0 Å². The zero-order valence-corrected chi connectivity index (χ0v) is 8.14. The van der Waals surface area contributed by atoms with Gasteiger partial charge < -0.3 is 9.52 Å². The minimum absolute atomic E-state index is 0.305. The first-order chi connectivity index (χ1) is 7.16. The minimum Gasteiger partial charge on any atom is -0.444 e. The van der Waals surface area contributed by atoms with E-state index in [1.54, 1.807) is 19.1 Å². The van der Waals surface area contributed by atoms with Crippen LogP contribution in [-0.2, 0) is 0 Å². The lowest BCUT2D eigenvalue weighted by atomic mass is 10.2. The summed E-state index contributed by atoms with van der Waals surface area (Å²) in [4.78, 5) is 4.07. The minimum atomic E-state index is -0.664. The van der Waals surface area contributed by atoms with Crippen molar-refractivity contribution in [3.05, 3.63) is 42.0 Å². The molecule has 0 spiro atoms. The van der Waals surface area contributed by atoms with E-state index in [9.17, 15) is 9.50 Å². The van der Waals surface area contributed by atoms with Gasteiger partial charge in [0.15, 0.2) is 0 Å². The average Bonchev–Trinajstić information content (AvgIpc) is 2.68. The second kappa shape index (κ2) is 3.82. The molecule has 15 heavy (non-hydrogen) atoms. The Morgan fingerprint density at radius 1 is 1.33 bits per heavy atom. The molecular weight excluding hydrogens is 197 g/mol. The fourth-order valence-electron chi connectivity index (χ4n) is 1.20. The number of nitrogens with zero attached hydrogens (tertiary/aromatic N) is 1. The highest BCUT2D eigenvalue weighted by Crippen LogP contribution is 2.21. The van der Waals surface area contributed by atoms with Crippen LogP contribution in [0.2, 0.25) is 0 Å². The summed E-state index contributed by atoms with van der Waals surface area (Å²) >= 11 is 0. The van der Waals surface area contributed by atoms with E-state index in [4.69, 9.17) is 4.42 Å². The molecule has 3 nitrogen and oxygen atoms in total. The van der Waals surface area contributed by atoms with Gasteiger partial charge >= 0.3 is 0 Å². The number of halogens is 1. The third-order valence-electron chi connectivity index (χ3n) is 2.04. The summed E-state index contributed by atoms with van der Waals surface area (Å²) in [5, 5.41) is 9.25. The van der Waals surface area contributed by atoms with Crippen molar-refractivity contribution in [3.63, 3.8) is 0 Å². The predicted molar refractivity (Wildman–Crippen MR) is 52.5 cm³/mol. The maximum Gasteiger partial charge on any atom is 0.226 e. The van der Waals surface area contributed by atoms with Gasteiger partial charge in [-0.1, -0.05) is 0 Å². The van der Waals surface area contributed by atoms with Crippen LogP contribution in [0.5, 0.6) is 0 Å². The standard InChI is InChI=1S/C11H10FNO2/c1-7(14)10-6-15-11(13-10)8-2-4-9(12)5-3-8/h2-7,14H,1H3. The van der Waals surface area contributed by atoms with Crippen molar-refractivity contribution in [2.45, 2.75) is 13.0 Å². The third-order valence-corrected chi connectivity index (χ3v) is 2.04. The zero-order chi connectivity index (χ0) is 10.8. The van der Waals surface area contributed by atoms with Gasteiger partial charge in [-0.3, -0.25) is 0 Å². The third kappa shape index (κ3) is 2.05. The summed E-state index contributed by atoms with van der Waals surface area (Å²) in [5.74, 6) is 0.0759. The summed E-state index contributed by atoms with van der Waals surface area (Å²) in [6, 6.07) is 5.82. The van der Waals surface area contributed by atoms with Crippen LogP contribution in [0.25, 0.3) is 11.5 Å². The fourth-order valence-corrected chi connectivity index (χ4v) is 1.20. The number of aromatic nitrogens is 1. The summed E-state index contributed by atoms with van der Waals surface area (Å²) in [7, 11) is 0. The maximum absolute atomic E-state index is 12.6. The van der Waals surface area contributed by atoms with E-state index in [-0.39, 0.29) is 5.82 Å². The molecule has 0 aliphatic heterocycles. The van der Waals surface area contributed by atoms with Gasteiger partial charge in [0.05, 0.1) is 6.10 Å². The van der Waals surface area contributed by atoms with Crippen molar-refractivity contribution in [3.8, 4) is 11.5 Å². The molecular formula is C11H10FNO2. The number of rotatable bonds is 2. The lowest BCUT2D eigenvalue weighted by Gasteiger charge is -1.95. The second-order valence-electron chi connectivity index (χ2n) is 3.26. The van der Waals surface area contributed by atoms with Crippen molar-refractivity contribution >= 4 is 0 Å². The smallest absolute Gasteiger partial charge is 0.226 e. The van der Waals surface area contributed by atoms with Crippen molar-refractivity contribution in [2.75, 3.05) is 0 Å². The Bertz CT molecular complexity index is 448. The van der Waals surface area contributed by atoms with Gasteiger partial charge in [0, 0.05) is 5.56 Å². The summed E-state index contributed by atoms with van der Waals surface area (Å²) in [5.41, 5.74) is 1.15. The molecule has 0 radical (unpaired) electrons. The molecule has 2 aromatic rings. The summed E-state index contributed by atoms with van der Waals surface area (Å²) in [6.07, 6.45) is 0.728. The summed E-state index contributed by atoms with van der Waals surface area (Å²) < 4.78 is 17.8. The van der Waals surface area contributed by atoms with Crippen molar-refractivity contribution in [2.24, 2.45) is 0 Å². The number of benzene rings is 1. The van der Waals surface area contributed by atoms with Crippen LogP contribution < -0.4 is 0 Å². The lowest BCUT2D eigenvalue weighted by molar-refractivity contribution is 0.194. The molecule has 0 aliphatic carbocycles. The van der Waals surface area contributed by atoms with E-state index < -0.39 is 6.10 Å². The zero-order valence-electron chi connectivity index (χ0n) is 8.14. The molecule has 4 heteroatoms. The quantitative estimate of drug-likeness (QED) is 0.823. The van der Waals surface area contributed by atoms with Crippen molar-refractivity contribution < 1.29 is 13.9 Å². The van der Waals surface area contributed by atoms with Gasteiger partial charge in [-0.2, -0.15) is 0 Å². The normalized spacial score (nSPS) is 12.7. The first kappa shape index (κ1) is 9.86. The fraction of sp³-hybridized carbons (Fsp3) is 0.182. The number of hydrogen-bond acceptors (Lipinski definition) is 3. The van der Waals surface area contributed by atoms with Crippen LogP contribution in [0.15, 0.2) is 34.9 Å². The molecule has 1 N–H and O–H groups in total. The van der Waals surface area contributed by atoms with Gasteiger partial charge in [-0.05, 0) is 31.2 Å². The Labute approximate surface area is 86.2 Å². The van der Waals surface area contributed by atoms with E-state index in [0.717, 1.165) is 0 Å². The number of aliphatic hydroxyl groups is 1. The molecule has 0 bridgehead atoms. The second-order valence-corrected chi connectivity index (χ2v) is 3.26. The van der Waals surface area contributed by atoms with Gasteiger partial charge in [0.1, 0.15) is 17.8 Å². The molecule has 1 aromatic carbocycles. The predicted octanol–water partition coefficient (Wildman–Crippen LogP) is 2.53. The maximum atomic E-state index is 12.6. The highest BCUT2D eigenvalue weighted by Gasteiger charge is 2.09. The molecule has 0 fully saturated rings. The highest BCUT2D eigenvalue weighted by atomic mass is 19.1. The van der Waals surface area contributed by atoms with Crippen LogP contribution in [-0.4, -0.2) is 10.1 Å².